The molecule has 1 fully saturated rings. The third-order valence-electron chi connectivity index (χ3n) is 5.19. The molecule has 3 aromatic rings. The first kappa shape index (κ1) is 19.2. The number of urea groups is 1. The molecule has 4 rings (SSSR count). The first-order chi connectivity index (χ1) is 13.7. The molecule has 29 heavy (non-hydrogen) atoms. The van der Waals surface area contributed by atoms with Gasteiger partial charge in [-0.1, -0.05) is 0 Å². The average Bonchev–Trinajstić information content (AvgIpc) is 3.29. The van der Waals surface area contributed by atoms with E-state index in [4.69, 9.17) is 0 Å². The second-order valence-corrected chi connectivity index (χ2v) is 7.28. The first-order valence-corrected chi connectivity index (χ1v) is 9.14. The number of carbonyl (C=O) groups is 1. The van der Waals surface area contributed by atoms with E-state index in [9.17, 15) is 22.8 Å². The van der Waals surface area contributed by atoms with Crippen molar-refractivity contribution in [3.8, 4) is 0 Å². The first-order valence-electron chi connectivity index (χ1n) is 9.14. The third-order valence-corrected chi connectivity index (χ3v) is 5.19. The zero-order valence-corrected chi connectivity index (χ0v) is 15.5. The molecule has 2 atom stereocenters. The lowest BCUT2D eigenvalue weighted by Crippen LogP contribution is -2.45. The molecule has 0 spiro atoms. The zero-order chi connectivity index (χ0) is 20.8. The summed E-state index contributed by atoms with van der Waals surface area (Å²) in [6.07, 6.45) is 1.72. The maximum Gasteiger partial charge on any atom is 0.406 e. The predicted molar refractivity (Wildman–Crippen MR) is 99.5 cm³/mol. The Bertz CT molecular complexity index is 1120. The van der Waals surface area contributed by atoms with Crippen molar-refractivity contribution in [2.75, 3.05) is 13.6 Å². The van der Waals surface area contributed by atoms with Gasteiger partial charge in [-0.15, -0.1) is 0 Å². The number of fused-ring (bicyclic) bond motifs is 3. The van der Waals surface area contributed by atoms with Crippen LogP contribution in [0, 0.1) is 0 Å². The molecule has 2 N–H and O–H groups in total. The van der Waals surface area contributed by atoms with E-state index >= 15 is 0 Å². The van der Waals surface area contributed by atoms with Gasteiger partial charge in [-0.25, -0.2) is 14.8 Å². The van der Waals surface area contributed by atoms with E-state index in [2.05, 4.69) is 20.3 Å². The summed E-state index contributed by atoms with van der Waals surface area (Å²) < 4.78 is 39.1. The Morgan fingerprint density at radius 3 is 2.90 bits per heavy atom. The topological polar surface area (TPSA) is 95.9 Å². The van der Waals surface area contributed by atoms with Crippen LogP contribution in [0.15, 0.2) is 29.5 Å². The Morgan fingerprint density at radius 2 is 2.14 bits per heavy atom. The van der Waals surface area contributed by atoms with E-state index in [1.54, 1.807) is 17.0 Å². The van der Waals surface area contributed by atoms with Gasteiger partial charge in [0.05, 0.1) is 17.9 Å². The van der Waals surface area contributed by atoms with Gasteiger partial charge >= 0.3 is 12.2 Å². The molecule has 154 valence electrons. The molecule has 8 nitrogen and oxygen atoms in total. The summed E-state index contributed by atoms with van der Waals surface area (Å²) in [4.78, 5) is 36.8. The number of hydrogen-bond donors (Lipinski definition) is 2. The molecule has 0 radical (unpaired) electrons. The Hall–Kier alpha value is -3.11. The highest BCUT2D eigenvalue weighted by atomic mass is 19.4. The molecule has 11 heteroatoms. The molecule has 1 aliphatic carbocycles. The average molecular weight is 408 g/mol. The van der Waals surface area contributed by atoms with E-state index in [1.807, 2.05) is 6.07 Å². The van der Waals surface area contributed by atoms with Gasteiger partial charge < -0.3 is 19.8 Å². The van der Waals surface area contributed by atoms with Gasteiger partial charge in [-0.05, 0) is 25.3 Å². The highest BCUT2D eigenvalue weighted by molar-refractivity contribution is 6.00. The van der Waals surface area contributed by atoms with Crippen LogP contribution < -0.4 is 10.9 Å². The second-order valence-electron chi connectivity index (χ2n) is 7.28. The standard InChI is InChI=1S/C18H19F3N6O2/c1-26(9-18(19,20)21)17(29)25-10-2-3-11(6-10)27-14(28)8-23-13-7-24-16-12(15(13)27)4-5-22-16/h4-5,7-8,10-11H,2-3,6,9H2,1H3,(H,22,24)(H,25,29). The predicted octanol–water partition coefficient (Wildman–Crippen LogP) is 2.57. The number of rotatable bonds is 3. The van der Waals surface area contributed by atoms with E-state index < -0.39 is 18.8 Å². The van der Waals surface area contributed by atoms with Gasteiger partial charge in [0.2, 0.25) is 0 Å². The fourth-order valence-corrected chi connectivity index (χ4v) is 3.94. The molecular weight excluding hydrogens is 389 g/mol. The van der Waals surface area contributed by atoms with E-state index in [0.717, 1.165) is 12.4 Å². The second kappa shape index (κ2) is 7.05. The Labute approximate surface area is 162 Å². The fraction of sp³-hybridized carbons (Fsp3) is 0.444. The summed E-state index contributed by atoms with van der Waals surface area (Å²) in [5.74, 6) is 0. The van der Waals surface area contributed by atoms with Crippen LogP contribution >= 0.6 is 0 Å². The molecular formula is C18H19F3N6O2. The number of nitrogens with zero attached hydrogens (tertiary/aromatic N) is 4. The highest BCUT2D eigenvalue weighted by Crippen LogP contribution is 2.32. The Morgan fingerprint density at radius 1 is 1.34 bits per heavy atom. The SMILES string of the molecule is CN(CC(F)(F)F)C(=O)NC1CCC(n2c(=O)cnc3cnc4[nH]ccc4c32)C1. The van der Waals surface area contributed by atoms with Crippen LogP contribution in [0.1, 0.15) is 25.3 Å². The monoisotopic (exact) mass is 408 g/mol. The lowest BCUT2D eigenvalue weighted by molar-refractivity contribution is -0.137. The number of alkyl halides is 3. The van der Waals surface area contributed by atoms with E-state index in [-0.39, 0.29) is 17.6 Å². The third kappa shape index (κ3) is 3.76. The summed E-state index contributed by atoms with van der Waals surface area (Å²) in [5, 5.41) is 3.41. The van der Waals surface area contributed by atoms with Crippen LogP contribution in [-0.4, -0.2) is 56.3 Å². The number of carbonyl (C=O) groups excluding carboxylic acids is 1. The minimum Gasteiger partial charge on any atom is -0.346 e. The molecule has 0 saturated heterocycles. The number of aromatic amines is 1. The van der Waals surface area contributed by atoms with Crippen LogP contribution in [0.4, 0.5) is 18.0 Å². The van der Waals surface area contributed by atoms with Crippen LogP contribution in [0.3, 0.4) is 0 Å². The summed E-state index contributed by atoms with van der Waals surface area (Å²) in [6, 6.07) is 0.522. The summed E-state index contributed by atoms with van der Waals surface area (Å²) in [7, 11) is 1.10. The van der Waals surface area contributed by atoms with Gasteiger partial charge in [0, 0.05) is 30.7 Å². The maximum atomic E-state index is 12.6. The fourth-order valence-electron chi connectivity index (χ4n) is 3.94. The van der Waals surface area contributed by atoms with Crippen molar-refractivity contribution >= 4 is 28.1 Å². The molecule has 3 aromatic heterocycles. The summed E-state index contributed by atoms with van der Waals surface area (Å²) >= 11 is 0. The van der Waals surface area contributed by atoms with Crippen LogP contribution in [0.25, 0.3) is 22.1 Å². The normalized spacial score (nSPS) is 19.7. The Kier molecular flexibility index (Phi) is 4.67. The molecule has 2 unspecified atom stereocenters. The van der Waals surface area contributed by atoms with Crippen molar-refractivity contribution in [1.82, 2.24) is 29.7 Å². The van der Waals surface area contributed by atoms with Crippen molar-refractivity contribution < 1.29 is 18.0 Å². The molecule has 1 aliphatic rings. The van der Waals surface area contributed by atoms with E-state index in [0.29, 0.717) is 40.8 Å². The van der Waals surface area contributed by atoms with Gasteiger partial charge in [-0.2, -0.15) is 13.2 Å². The van der Waals surface area contributed by atoms with Crippen LogP contribution in [0.5, 0.6) is 0 Å². The number of pyridine rings is 1. The highest BCUT2D eigenvalue weighted by Gasteiger charge is 2.33. The number of H-pyrrole nitrogens is 1. The lowest BCUT2D eigenvalue weighted by Gasteiger charge is -2.22. The number of nitrogens with one attached hydrogen (secondary N) is 2. The minimum absolute atomic E-state index is 0.202. The maximum absolute atomic E-state index is 12.6. The van der Waals surface area contributed by atoms with Crippen molar-refractivity contribution in [2.45, 2.75) is 37.5 Å². The number of amides is 2. The smallest absolute Gasteiger partial charge is 0.346 e. The molecule has 0 bridgehead atoms. The largest absolute Gasteiger partial charge is 0.406 e. The van der Waals surface area contributed by atoms with Gasteiger partial charge in [-0.3, -0.25) is 4.79 Å². The van der Waals surface area contributed by atoms with Gasteiger partial charge in [0.1, 0.15) is 17.7 Å². The van der Waals surface area contributed by atoms with Gasteiger partial charge in [0.25, 0.3) is 5.56 Å². The molecule has 3 heterocycles. The van der Waals surface area contributed by atoms with Crippen molar-refractivity contribution in [1.29, 1.82) is 0 Å². The van der Waals surface area contributed by atoms with Crippen molar-refractivity contribution in [3.05, 3.63) is 35.0 Å². The van der Waals surface area contributed by atoms with Crippen molar-refractivity contribution in [2.24, 2.45) is 0 Å². The van der Waals surface area contributed by atoms with Crippen LogP contribution in [0.2, 0.25) is 0 Å². The van der Waals surface area contributed by atoms with Crippen LogP contribution in [-0.2, 0) is 0 Å². The molecule has 1 saturated carbocycles. The molecule has 0 aliphatic heterocycles. The number of hydrogen-bond acceptors (Lipinski definition) is 4. The van der Waals surface area contributed by atoms with Gasteiger partial charge in [0.15, 0.2) is 0 Å². The van der Waals surface area contributed by atoms with Crippen molar-refractivity contribution in [3.63, 3.8) is 0 Å². The summed E-state index contributed by atoms with van der Waals surface area (Å²) in [5.41, 5.74) is 1.61. The lowest BCUT2D eigenvalue weighted by atomic mass is 10.2. The minimum atomic E-state index is -4.45. The molecule has 2 amide bonds. The number of halogens is 3. The quantitative estimate of drug-likeness (QED) is 0.696. The zero-order valence-electron chi connectivity index (χ0n) is 15.5. The Balaban J connectivity index is 1.57. The molecule has 0 aromatic carbocycles. The van der Waals surface area contributed by atoms with E-state index in [1.165, 1.54) is 6.20 Å². The summed E-state index contributed by atoms with van der Waals surface area (Å²) in [6.45, 7) is -1.32. The number of aromatic nitrogens is 4.